The standard InChI is InChI=1S/C12H21NO3/c1-12(2,3)16-11(15)13-8-5-4-6-9(13)10(14)7-8/h8-10,14H,4-7H2,1-3H3/t8-,9+,10-/m1/s1. The van der Waals surface area contributed by atoms with E-state index in [1.807, 2.05) is 20.8 Å². The maximum absolute atomic E-state index is 12.0. The number of hydrogen-bond donors (Lipinski definition) is 1. The van der Waals surface area contributed by atoms with Gasteiger partial charge in [0.05, 0.1) is 12.1 Å². The Bertz CT molecular complexity index is 284. The van der Waals surface area contributed by atoms with Gasteiger partial charge in [0.15, 0.2) is 0 Å². The molecule has 92 valence electrons. The number of aliphatic hydroxyl groups is 1. The summed E-state index contributed by atoms with van der Waals surface area (Å²) in [4.78, 5) is 13.8. The summed E-state index contributed by atoms with van der Waals surface area (Å²) in [6.45, 7) is 5.60. The minimum absolute atomic E-state index is 0.0198. The Morgan fingerprint density at radius 1 is 1.38 bits per heavy atom. The average molecular weight is 227 g/mol. The van der Waals surface area contributed by atoms with Crippen LogP contribution < -0.4 is 0 Å². The summed E-state index contributed by atoms with van der Waals surface area (Å²) in [6, 6.07) is 0.164. The number of rotatable bonds is 0. The normalized spacial score (nSPS) is 34.0. The summed E-state index contributed by atoms with van der Waals surface area (Å²) in [6.07, 6.45) is 3.08. The number of amides is 1. The van der Waals surface area contributed by atoms with Gasteiger partial charge in [-0.3, -0.25) is 4.90 Å². The summed E-state index contributed by atoms with van der Waals surface area (Å²) in [5, 5.41) is 9.87. The van der Waals surface area contributed by atoms with E-state index in [0.717, 1.165) is 19.3 Å². The molecule has 4 heteroatoms. The van der Waals surface area contributed by atoms with Gasteiger partial charge in [0.2, 0.25) is 0 Å². The predicted octanol–water partition coefficient (Wildman–Crippen LogP) is 1.91. The highest BCUT2D eigenvalue weighted by Crippen LogP contribution is 2.36. The minimum Gasteiger partial charge on any atom is -0.444 e. The van der Waals surface area contributed by atoms with Gasteiger partial charge < -0.3 is 9.84 Å². The second-order valence-electron chi connectivity index (χ2n) is 5.84. The molecule has 1 amide bonds. The maximum Gasteiger partial charge on any atom is 0.410 e. The molecule has 0 unspecified atom stereocenters. The van der Waals surface area contributed by atoms with E-state index in [0.29, 0.717) is 6.42 Å². The Morgan fingerprint density at radius 2 is 2.06 bits per heavy atom. The zero-order chi connectivity index (χ0) is 11.9. The number of carbonyl (C=O) groups excluding carboxylic acids is 1. The molecular weight excluding hydrogens is 206 g/mol. The maximum atomic E-state index is 12.0. The Kier molecular flexibility index (Phi) is 2.86. The highest BCUT2D eigenvalue weighted by atomic mass is 16.6. The first-order chi connectivity index (χ1) is 7.38. The SMILES string of the molecule is CC(C)(C)OC(=O)N1[C@@H]2CCC[C@H]1[C@H](O)C2. The Balaban J connectivity index is 2.07. The van der Waals surface area contributed by atoms with Crippen LogP contribution >= 0.6 is 0 Å². The quantitative estimate of drug-likeness (QED) is 0.687. The summed E-state index contributed by atoms with van der Waals surface area (Å²) in [5.74, 6) is 0. The summed E-state index contributed by atoms with van der Waals surface area (Å²) < 4.78 is 5.38. The third-order valence-corrected chi connectivity index (χ3v) is 3.35. The molecule has 0 aromatic heterocycles. The first kappa shape index (κ1) is 11.7. The zero-order valence-corrected chi connectivity index (χ0v) is 10.3. The van der Waals surface area contributed by atoms with E-state index in [2.05, 4.69) is 0 Å². The van der Waals surface area contributed by atoms with Crippen LogP contribution in [0.15, 0.2) is 0 Å². The molecule has 0 saturated carbocycles. The number of carbonyl (C=O) groups is 1. The number of piperidine rings is 1. The van der Waals surface area contributed by atoms with Crippen molar-refractivity contribution in [1.82, 2.24) is 4.90 Å². The fourth-order valence-corrected chi connectivity index (χ4v) is 2.76. The van der Waals surface area contributed by atoms with Crippen molar-refractivity contribution in [2.45, 2.75) is 70.2 Å². The molecule has 2 aliphatic heterocycles. The van der Waals surface area contributed by atoms with Crippen LogP contribution in [0, 0.1) is 0 Å². The van der Waals surface area contributed by atoms with E-state index in [1.165, 1.54) is 0 Å². The van der Waals surface area contributed by atoms with Crippen LogP contribution in [0.4, 0.5) is 4.79 Å². The van der Waals surface area contributed by atoms with Gasteiger partial charge in [-0.2, -0.15) is 0 Å². The molecule has 0 aliphatic carbocycles. The van der Waals surface area contributed by atoms with Gasteiger partial charge in [-0.05, 0) is 46.5 Å². The second kappa shape index (κ2) is 3.91. The Labute approximate surface area is 96.6 Å². The van der Waals surface area contributed by atoms with E-state index in [4.69, 9.17) is 4.74 Å². The molecule has 3 atom stereocenters. The lowest BCUT2D eigenvalue weighted by Gasteiger charge is -2.36. The molecule has 0 radical (unpaired) electrons. The van der Waals surface area contributed by atoms with Gasteiger partial charge in [-0.15, -0.1) is 0 Å². The van der Waals surface area contributed by atoms with E-state index >= 15 is 0 Å². The van der Waals surface area contributed by atoms with Crippen molar-refractivity contribution in [2.24, 2.45) is 0 Å². The van der Waals surface area contributed by atoms with E-state index in [9.17, 15) is 9.90 Å². The lowest BCUT2D eigenvalue weighted by molar-refractivity contribution is 0.000679. The molecule has 0 spiro atoms. The van der Waals surface area contributed by atoms with Gasteiger partial charge in [0, 0.05) is 6.04 Å². The number of hydrogen-bond acceptors (Lipinski definition) is 3. The van der Waals surface area contributed by atoms with Gasteiger partial charge in [-0.1, -0.05) is 0 Å². The van der Waals surface area contributed by atoms with E-state index < -0.39 is 5.60 Å². The van der Waals surface area contributed by atoms with Crippen LogP contribution in [0.3, 0.4) is 0 Å². The van der Waals surface area contributed by atoms with Crippen molar-refractivity contribution < 1.29 is 14.6 Å². The number of ether oxygens (including phenoxy) is 1. The molecule has 2 fully saturated rings. The molecule has 2 saturated heterocycles. The Morgan fingerprint density at radius 3 is 2.62 bits per heavy atom. The minimum atomic E-state index is -0.459. The van der Waals surface area contributed by atoms with Crippen molar-refractivity contribution >= 4 is 6.09 Å². The number of nitrogens with zero attached hydrogens (tertiary/aromatic N) is 1. The fourth-order valence-electron chi connectivity index (χ4n) is 2.76. The van der Waals surface area contributed by atoms with Crippen LogP contribution in [0.2, 0.25) is 0 Å². The highest BCUT2D eigenvalue weighted by Gasteiger charge is 2.46. The van der Waals surface area contributed by atoms with E-state index in [-0.39, 0.29) is 24.3 Å². The van der Waals surface area contributed by atoms with Crippen LogP contribution in [-0.2, 0) is 4.74 Å². The molecular formula is C12H21NO3. The first-order valence-corrected chi connectivity index (χ1v) is 6.08. The van der Waals surface area contributed by atoms with Crippen LogP contribution in [0.5, 0.6) is 0 Å². The van der Waals surface area contributed by atoms with Crippen LogP contribution in [-0.4, -0.2) is 39.9 Å². The molecule has 2 heterocycles. The summed E-state index contributed by atoms with van der Waals surface area (Å²) in [5.41, 5.74) is -0.459. The van der Waals surface area contributed by atoms with Crippen molar-refractivity contribution in [2.75, 3.05) is 0 Å². The molecule has 0 aromatic carbocycles. The van der Waals surface area contributed by atoms with Crippen molar-refractivity contribution in [3.63, 3.8) is 0 Å². The average Bonchev–Trinajstić information content (AvgIpc) is 2.31. The molecule has 1 N–H and O–H groups in total. The molecule has 2 bridgehead atoms. The van der Waals surface area contributed by atoms with Crippen LogP contribution in [0.1, 0.15) is 46.5 Å². The predicted molar refractivity (Wildman–Crippen MR) is 60.1 cm³/mol. The topological polar surface area (TPSA) is 49.8 Å². The molecule has 16 heavy (non-hydrogen) atoms. The smallest absolute Gasteiger partial charge is 0.410 e. The van der Waals surface area contributed by atoms with Crippen molar-refractivity contribution in [3.8, 4) is 0 Å². The lowest BCUT2D eigenvalue weighted by Crippen LogP contribution is -2.48. The van der Waals surface area contributed by atoms with Gasteiger partial charge >= 0.3 is 6.09 Å². The number of aliphatic hydroxyl groups excluding tert-OH is 1. The van der Waals surface area contributed by atoms with Crippen LogP contribution in [0.25, 0.3) is 0 Å². The second-order valence-corrected chi connectivity index (χ2v) is 5.84. The molecule has 2 rings (SSSR count). The van der Waals surface area contributed by atoms with Gasteiger partial charge in [0.25, 0.3) is 0 Å². The zero-order valence-electron chi connectivity index (χ0n) is 10.3. The first-order valence-electron chi connectivity index (χ1n) is 6.08. The summed E-state index contributed by atoms with van der Waals surface area (Å²) >= 11 is 0. The molecule has 4 nitrogen and oxygen atoms in total. The number of fused-ring (bicyclic) bond motifs is 2. The van der Waals surface area contributed by atoms with Crippen molar-refractivity contribution in [1.29, 1.82) is 0 Å². The third-order valence-electron chi connectivity index (χ3n) is 3.35. The largest absolute Gasteiger partial charge is 0.444 e. The Hall–Kier alpha value is -0.770. The fraction of sp³-hybridized carbons (Fsp3) is 0.917. The van der Waals surface area contributed by atoms with Gasteiger partial charge in [0.1, 0.15) is 5.60 Å². The van der Waals surface area contributed by atoms with Crippen molar-refractivity contribution in [3.05, 3.63) is 0 Å². The monoisotopic (exact) mass is 227 g/mol. The summed E-state index contributed by atoms with van der Waals surface area (Å²) in [7, 11) is 0. The molecule has 2 aliphatic rings. The molecule has 0 aromatic rings. The third kappa shape index (κ3) is 2.17. The highest BCUT2D eigenvalue weighted by molar-refractivity contribution is 5.69. The van der Waals surface area contributed by atoms with E-state index in [1.54, 1.807) is 4.90 Å². The van der Waals surface area contributed by atoms with Gasteiger partial charge in [-0.25, -0.2) is 4.79 Å². The lowest BCUT2D eigenvalue weighted by atomic mass is 10.0.